The molecular formula is C11H16N4S. The van der Waals surface area contributed by atoms with Gasteiger partial charge in [0, 0.05) is 35.4 Å². The largest absolute Gasteiger partial charge is 0.310 e. The lowest BCUT2D eigenvalue weighted by atomic mass is 10.2. The van der Waals surface area contributed by atoms with Crippen LogP contribution in [0.2, 0.25) is 0 Å². The van der Waals surface area contributed by atoms with Gasteiger partial charge in [0.05, 0.1) is 6.20 Å². The second-order valence-electron chi connectivity index (χ2n) is 4.02. The molecule has 2 heterocycles. The third kappa shape index (κ3) is 2.31. The predicted molar refractivity (Wildman–Crippen MR) is 65.9 cm³/mol. The van der Waals surface area contributed by atoms with Crippen LogP contribution in [0, 0.1) is 6.92 Å². The van der Waals surface area contributed by atoms with Gasteiger partial charge in [0.25, 0.3) is 0 Å². The van der Waals surface area contributed by atoms with E-state index in [4.69, 9.17) is 0 Å². The van der Waals surface area contributed by atoms with E-state index in [0.717, 1.165) is 17.4 Å². The summed E-state index contributed by atoms with van der Waals surface area (Å²) in [5, 5.41) is 10.6. The maximum atomic E-state index is 4.36. The smallest absolute Gasteiger partial charge is 0.210 e. The lowest BCUT2D eigenvalue weighted by molar-refractivity contribution is 0.587. The van der Waals surface area contributed by atoms with Crippen LogP contribution in [-0.2, 0) is 6.54 Å². The molecule has 0 fully saturated rings. The summed E-state index contributed by atoms with van der Waals surface area (Å²) in [6.07, 6.45) is 3.71. The molecule has 0 saturated carbocycles. The molecule has 2 aromatic heterocycles. The van der Waals surface area contributed by atoms with Gasteiger partial charge in [-0.3, -0.25) is 0 Å². The Morgan fingerprint density at radius 2 is 2.31 bits per heavy atom. The SMILES string of the molecule is Cc1c(CNC(C)C)cnn1-c1nccs1. The van der Waals surface area contributed by atoms with Crippen molar-refractivity contribution in [2.75, 3.05) is 0 Å². The van der Waals surface area contributed by atoms with Crippen LogP contribution in [0.3, 0.4) is 0 Å². The average Bonchev–Trinajstić information content (AvgIpc) is 2.84. The summed E-state index contributed by atoms with van der Waals surface area (Å²) in [6.45, 7) is 7.21. The van der Waals surface area contributed by atoms with Crippen molar-refractivity contribution in [1.82, 2.24) is 20.1 Å². The van der Waals surface area contributed by atoms with E-state index >= 15 is 0 Å². The summed E-state index contributed by atoms with van der Waals surface area (Å²) >= 11 is 1.60. The van der Waals surface area contributed by atoms with Crippen molar-refractivity contribution in [2.24, 2.45) is 0 Å². The molecule has 0 unspecified atom stereocenters. The minimum absolute atomic E-state index is 0.489. The lowest BCUT2D eigenvalue weighted by Gasteiger charge is -2.07. The Kier molecular flexibility index (Phi) is 3.36. The number of nitrogens with one attached hydrogen (secondary N) is 1. The normalized spacial score (nSPS) is 11.2. The predicted octanol–water partition coefficient (Wildman–Crippen LogP) is 2.14. The number of hydrogen-bond acceptors (Lipinski definition) is 4. The minimum atomic E-state index is 0.489. The highest BCUT2D eigenvalue weighted by atomic mass is 32.1. The first-order valence-electron chi connectivity index (χ1n) is 5.35. The van der Waals surface area contributed by atoms with Crippen LogP contribution in [0.5, 0.6) is 0 Å². The van der Waals surface area contributed by atoms with Crippen LogP contribution in [-0.4, -0.2) is 20.8 Å². The molecule has 0 spiro atoms. The monoisotopic (exact) mass is 236 g/mol. The molecule has 0 bridgehead atoms. The second kappa shape index (κ2) is 4.76. The van der Waals surface area contributed by atoms with Crippen molar-refractivity contribution in [1.29, 1.82) is 0 Å². The Morgan fingerprint density at radius 3 is 2.94 bits per heavy atom. The summed E-state index contributed by atoms with van der Waals surface area (Å²) in [6, 6.07) is 0.489. The molecule has 0 aliphatic rings. The molecule has 0 aliphatic heterocycles. The van der Waals surface area contributed by atoms with Gasteiger partial charge in [0.15, 0.2) is 0 Å². The number of aromatic nitrogens is 3. The molecule has 1 N–H and O–H groups in total. The summed E-state index contributed by atoms with van der Waals surface area (Å²) in [5.41, 5.74) is 2.38. The third-order valence-corrected chi connectivity index (χ3v) is 3.16. The van der Waals surface area contributed by atoms with Gasteiger partial charge in [0.2, 0.25) is 5.13 Å². The molecule has 2 aromatic rings. The van der Waals surface area contributed by atoms with Gasteiger partial charge in [-0.25, -0.2) is 9.67 Å². The van der Waals surface area contributed by atoms with Crippen molar-refractivity contribution in [3.63, 3.8) is 0 Å². The number of thiazole rings is 1. The van der Waals surface area contributed by atoms with E-state index in [1.807, 2.05) is 16.3 Å². The second-order valence-corrected chi connectivity index (χ2v) is 4.89. The molecule has 86 valence electrons. The van der Waals surface area contributed by atoms with Crippen LogP contribution in [0.4, 0.5) is 0 Å². The van der Waals surface area contributed by atoms with E-state index in [0.29, 0.717) is 6.04 Å². The first-order valence-corrected chi connectivity index (χ1v) is 6.23. The van der Waals surface area contributed by atoms with Gasteiger partial charge in [-0.15, -0.1) is 11.3 Å². The highest BCUT2D eigenvalue weighted by Crippen LogP contribution is 2.15. The molecule has 16 heavy (non-hydrogen) atoms. The molecule has 0 radical (unpaired) electrons. The third-order valence-electron chi connectivity index (χ3n) is 2.41. The number of nitrogens with zero attached hydrogens (tertiary/aromatic N) is 3. The van der Waals surface area contributed by atoms with Crippen molar-refractivity contribution in [2.45, 2.75) is 33.4 Å². The Labute approximate surface area is 99.3 Å². The van der Waals surface area contributed by atoms with Crippen molar-refractivity contribution >= 4 is 11.3 Å². The van der Waals surface area contributed by atoms with Crippen LogP contribution in [0.1, 0.15) is 25.1 Å². The lowest BCUT2D eigenvalue weighted by Crippen LogP contribution is -2.22. The van der Waals surface area contributed by atoms with E-state index in [2.05, 4.69) is 36.2 Å². The first-order chi connectivity index (χ1) is 7.68. The van der Waals surface area contributed by atoms with Gasteiger partial charge >= 0.3 is 0 Å². The molecule has 0 atom stereocenters. The van der Waals surface area contributed by atoms with Gasteiger partial charge in [-0.05, 0) is 6.92 Å². The van der Waals surface area contributed by atoms with Gasteiger partial charge in [-0.2, -0.15) is 5.10 Å². The molecule has 5 heteroatoms. The maximum Gasteiger partial charge on any atom is 0.210 e. The molecule has 4 nitrogen and oxygen atoms in total. The van der Waals surface area contributed by atoms with E-state index in [1.54, 1.807) is 17.5 Å². The Hall–Kier alpha value is -1.20. The molecule has 0 saturated heterocycles. The molecule has 2 rings (SSSR count). The Balaban J connectivity index is 2.18. The van der Waals surface area contributed by atoms with Crippen molar-refractivity contribution in [3.05, 3.63) is 29.0 Å². The summed E-state index contributed by atoms with van der Waals surface area (Å²) in [5.74, 6) is 0. The summed E-state index contributed by atoms with van der Waals surface area (Å²) in [4.78, 5) is 4.25. The fourth-order valence-corrected chi connectivity index (χ4v) is 2.09. The Morgan fingerprint density at radius 1 is 1.50 bits per heavy atom. The van der Waals surface area contributed by atoms with E-state index in [1.165, 1.54) is 5.56 Å². The molecular weight excluding hydrogens is 220 g/mol. The zero-order chi connectivity index (χ0) is 11.5. The molecule has 0 aromatic carbocycles. The zero-order valence-corrected chi connectivity index (χ0v) is 10.6. The average molecular weight is 236 g/mol. The maximum absolute atomic E-state index is 4.36. The van der Waals surface area contributed by atoms with E-state index < -0.39 is 0 Å². The van der Waals surface area contributed by atoms with E-state index in [9.17, 15) is 0 Å². The minimum Gasteiger partial charge on any atom is -0.310 e. The van der Waals surface area contributed by atoms with Crippen LogP contribution in [0.15, 0.2) is 17.8 Å². The number of hydrogen-bond donors (Lipinski definition) is 1. The highest BCUT2D eigenvalue weighted by molar-refractivity contribution is 7.12. The summed E-state index contributed by atoms with van der Waals surface area (Å²) < 4.78 is 1.89. The van der Waals surface area contributed by atoms with Gasteiger partial charge in [-0.1, -0.05) is 13.8 Å². The number of rotatable bonds is 4. The molecule has 0 amide bonds. The molecule has 0 aliphatic carbocycles. The quantitative estimate of drug-likeness (QED) is 0.884. The van der Waals surface area contributed by atoms with Crippen LogP contribution >= 0.6 is 11.3 Å². The Bertz CT molecular complexity index is 445. The van der Waals surface area contributed by atoms with E-state index in [-0.39, 0.29) is 0 Å². The first kappa shape index (κ1) is 11.3. The van der Waals surface area contributed by atoms with Crippen LogP contribution in [0.25, 0.3) is 5.13 Å². The topological polar surface area (TPSA) is 42.7 Å². The standard InChI is InChI=1S/C11H16N4S/c1-8(2)13-6-10-7-14-15(9(10)3)11-12-4-5-16-11/h4-5,7-8,13H,6H2,1-3H3. The van der Waals surface area contributed by atoms with Gasteiger partial charge < -0.3 is 5.32 Å². The fraction of sp³-hybridized carbons (Fsp3) is 0.455. The summed E-state index contributed by atoms with van der Waals surface area (Å²) in [7, 11) is 0. The fourth-order valence-electron chi connectivity index (χ4n) is 1.44. The zero-order valence-electron chi connectivity index (χ0n) is 9.77. The van der Waals surface area contributed by atoms with Crippen LogP contribution < -0.4 is 5.32 Å². The van der Waals surface area contributed by atoms with Crippen molar-refractivity contribution < 1.29 is 0 Å². The van der Waals surface area contributed by atoms with Crippen molar-refractivity contribution in [3.8, 4) is 5.13 Å². The van der Waals surface area contributed by atoms with Gasteiger partial charge in [0.1, 0.15) is 0 Å². The highest BCUT2D eigenvalue weighted by Gasteiger charge is 2.09.